The number of nitrogens with one attached hydrogen (secondary N) is 1. The van der Waals surface area contributed by atoms with Gasteiger partial charge in [0.25, 0.3) is 0 Å². The number of carbonyl (C=O) groups is 1. The molecule has 0 bridgehead atoms. The second kappa shape index (κ2) is 6.32. The Hall–Kier alpha value is -1.88. The van der Waals surface area contributed by atoms with Crippen LogP contribution in [0.5, 0.6) is 0 Å². The molecule has 2 atom stereocenters. The Labute approximate surface area is 136 Å². The van der Waals surface area contributed by atoms with Crippen LogP contribution in [0, 0.1) is 5.92 Å². The van der Waals surface area contributed by atoms with Gasteiger partial charge < -0.3 is 15.0 Å². The number of aromatic nitrogens is 2. The number of hydrogen-bond donors (Lipinski definition) is 2. The van der Waals surface area contributed by atoms with Crippen molar-refractivity contribution in [1.29, 1.82) is 0 Å². The molecule has 1 fully saturated rings. The fraction of sp³-hybridized carbons (Fsp3) is 0.556. The zero-order chi connectivity index (χ0) is 16.4. The van der Waals surface area contributed by atoms with E-state index in [0.29, 0.717) is 32.4 Å². The van der Waals surface area contributed by atoms with Crippen LogP contribution in [0.2, 0.25) is 0 Å². The summed E-state index contributed by atoms with van der Waals surface area (Å²) in [6, 6.07) is 7.89. The number of imidazole rings is 1. The highest BCUT2D eigenvalue weighted by Gasteiger charge is 2.37. The predicted octanol–water partition coefficient (Wildman–Crippen LogP) is 2.51. The van der Waals surface area contributed by atoms with Crippen molar-refractivity contribution in [2.75, 3.05) is 13.1 Å². The van der Waals surface area contributed by atoms with E-state index in [1.54, 1.807) is 0 Å². The van der Waals surface area contributed by atoms with Gasteiger partial charge in [-0.05, 0) is 31.9 Å². The number of aromatic amines is 1. The molecule has 5 heteroatoms. The van der Waals surface area contributed by atoms with E-state index in [-0.39, 0.29) is 11.8 Å². The molecule has 0 unspecified atom stereocenters. The maximum Gasteiger partial charge on any atom is 0.223 e. The van der Waals surface area contributed by atoms with Crippen LogP contribution in [0.15, 0.2) is 24.3 Å². The lowest BCUT2D eigenvalue weighted by molar-refractivity contribution is -0.138. The van der Waals surface area contributed by atoms with Crippen LogP contribution < -0.4 is 0 Å². The first kappa shape index (κ1) is 16.0. The molecule has 124 valence electrons. The fourth-order valence-electron chi connectivity index (χ4n) is 3.42. The molecule has 0 aliphatic carbocycles. The van der Waals surface area contributed by atoms with Gasteiger partial charge in [0.15, 0.2) is 0 Å². The minimum absolute atomic E-state index is 0.152. The van der Waals surface area contributed by atoms with Crippen molar-refractivity contribution in [1.82, 2.24) is 14.9 Å². The molecule has 1 aliphatic heterocycles. The van der Waals surface area contributed by atoms with Crippen molar-refractivity contribution < 1.29 is 9.90 Å². The van der Waals surface area contributed by atoms with Crippen molar-refractivity contribution in [3.05, 3.63) is 30.1 Å². The van der Waals surface area contributed by atoms with Crippen LogP contribution in [-0.4, -0.2) is 44.6 Å². The van der Waals surface area contributed by atoms with Crippen molar-refractivity contribution in [2.24, 2.45) is 5.92 Å². The normalized spacial score (nSPS) is 25.0. The fourth-order valence-corrected chi connectivity index (χ4v) is 3.42. The predicted molar refractivity (Wildman–Crippen MR) is 90.0 cm³/mol. The standard InChI is InChI=1S/C18H25N3O2/c1-3-13-12-21(11-10-18(13,2)23)17(22)9-8-16-19-14-6-4-5-7-15(14)20-16/h4-7,13,23H,3,8-12H2,1-2H3,(H,19,20)/t13-,18+/m1/s1. The Morgan fingerprint density at radius 1 is 1.48 bits per heavy atom. The number of para-hydroxylation sites is 2. The van der Waals surface area contributed by atoms with Gasteiger partial charge in [-0.25, -0.2) is 4.98 Å². The average molecular weight is 315 g/mol. The molecule has 2 aromatic rings. The summed E-state index contributed by atoms with van der Waals surface area (Å²) in [6.45, 7) is 5.25. The maximum absolute atomic E-state index is 12.5. The summed E-state index contributed by atoms with van der Waals surface area (Å²) in [5.41, 5.74) is 1.30. The summed E-state index contributed by atoms with van der Waals surface area (Å²) in [7, 11) is 0. The van der Waals surface area contributed by atoms with Crippen LogP contribution >= 0.6 is 0 Å². The largest absolute Gasteiger partial charge is 0.390 e. The summed E-state index contributed by atoms with van der Waals surface area (Å²) in [6.07, 6.45) is 2.62. The second-order valence-corrected chi connectivity index (χ2v) is 6.75. The zero-order valence-electron chi connectivity index (χ0n) is 13.9. The van der Waals surface area contributed by atoms with Crippen molar-refractivity contribution >= 4 is 16.9 Å². The van der Waals surface area contributed by atoms with E-state index in [0.717, 1.165) is 23.3 Å². The Bertz CT molecular complexity index is 659. The molecule has 1 aromatic heterocycles. The van der Waals surface area contributed by atoms with Gasteiger partial charge in [0.05, 0.1) is 16.6 Å². The first-order valence-electron chi connectivity index (χ1n) is 8.43. The van der Waals surface area contributed by atoms with Crippen LogP contribution in [0.25, 0.3) is 11.0 Å². The number of likely N-dealkylation sites (tertiary alicyclic amines) is 1. The van der Waals surface area contributed by atoms with E-state index in [9.17, 15) is 9.90 Å². The molecule has 0 saturated carbocycles. The lowest BCUT2D eigenvalue weighted by Gasteiger charge is -2.42. The highest BCUT2D eigenvalue weighted by molar-refractivity contribution is 5.77. The Morgan fingerprint density at radius 2 is 2.26 bits per heavy atom. The number of aryl methyl sites for hydroxylation is 1. The smallest absolute Gasteiger partial charge is 0.223 e. The third-order valence-electron chi connectivity index (χ3n) is 5.07. The molecule has 2 heterocycles. The maximum atomic E-state index is 12.5. The SMILES string of the molecule is CC[C@@H]1CN(C(=O)CCc2nc3ccccc3[nH]2)CC[C@]1(C)O. The number of fused-ring (bicyclic) bond motifs is 1. The Morgan fingerprint density at radius 3 is 3.00 bits per heavy atom. The van der Waals surface area contributed by atoms with Gasteiger partial charge in [0.2, 0.25) is 5.91 Å². The van der Waals surface area contributed by atoms with E-state index in [4.69, 9.17) is 0 Å². The van der Waals surface area contributed by atoms with Crippen molar-refractivity contribution in [3.8, 4) is 0 Å². The van der Waals surface area contributed by atoms with E-state index < -0.39 is 5.60 Å². The Balaban J connectivity index is 1.59. The summed E-state index contributed by atoms with van der Waals surface area (Å²) in [5, 5.41) is 10.4. The van der Waals surface area contributed by atoms with E-state index in [1.165, 1.54) is 0 Å². The molecule has 1 saturated heterocycles. The third-order valence-corrected chi connectivity index (χ3v) is 5.07. The quantitative estimate of drug-likeness (QED) is 0.911. The molecule has 5 nitrogen and oxygen atoms in total. The summed E-state index contributed by atoms with van der Waals surface area (Å²) in [5.74, 6) is 1.17. The van der Waals surface area contributed by atoms with E-state index in [2.05, 4.69) is 16.9 Å². The van der Waals surface area contributed by atoms with Crippen LogP contribution in [0.1, 0.15) is 38.9 Å². The minimum atomic E-state index is -0.649. The molecule has 0 radical (unpaired) electrons. The monoisotopic (exact) mass is 315 g/mol. The van der Waals surface area contributed by atoms with E-state index in [1.807, 2.05) is 36.1 Å². The topological polar surface area (TPSA) is 69.2 Å². The molecule has 1 amide bonds. The van der Waals surface area contributed by atoms with E-state index >= 15 is 0 Å². The highest BCUT2D eigenvalue weighted by atomic mass is 16.3. The van der Waals surface area contributed by atoms with Crippen LogP contribution in [-0.2, 0) is 11.2 Å². The molecule has 2 N–H and O–H groups in total. The van der Waals surface area contributed by atoms with Crippen LogP contribution in [0.4, 0.5) is 0 Å². The number of carbonyl (C=O) groups excluding carboxylic acids is 1. The lowest BCUT2D eigenvalue weighted by Crippen LogP contribution is -2.51. The number of amides is 1. The molecule has 23 heavy (non-hydrogen) atoms. The number of piperidine rings is 1. The molecule has 0 spiro atoms. The van der Waals surface area contributed by atoms with Gasteiger partial charge in [-0.2, -0.15) is 0 Å². The molecule has 1 aromatic carbocycles. The van der Waals surface area contributed by atoms with Gasteiger partial charge in [-0.15, -0.1) is 0 Å². The number of H-pyrrole nitrogens is 1. The molecular weight excluding hydrogens is 290 g/mol. The first-order valence-corrected chi connectivity index (χ1v) is 8.43. The summed E-state index contributed by atoms with van der Waals surface area (Å²) >= 11 is 0. The molecule has 1 aliphatic rings. The number of aliphatic hydroxyl groups is 1. The highest BCUT2D eigenvalue weighted by Crippen LogP contribution is 2.30. The molecule has 3 rings (SSSR count). The number of benzene rings is 1. The first-order chi connectivity index (χ1) is 11.0. The summed E-state index contributed by atoms with van der Waals surface area (Å²) in [4.78, 5) is 22.1. The van der Waals surface area contributed by atoms with Gasteiger partial charge in [0.1, 0.15) is 5.82 Å². The zero-order valence-corrected chi connectivity index (χ0v) is 13.9. The number of hydrogen-bond acceptors (Lipinski definition) is 3. The average Bonchev–Trinajstić information content (AvgIpc) is 2.95. The summed E-state index contributed by atoms with van der Waals surface area (Å²) < 4.78 is 0. The lowest BCUT2D eigenvalue weighted by atomic mass is 9.81. The molecular formula is C18H25N3O2. The van der Waals surface area contributed by atoms with Crippen LogP contribution in [0.3, 0.4) is 0 Å². The number of rotatable bonds is 4. The minimum Gasteiger partial charge on any atom is -0.390 e. The van der Waals surface area contributed by atoms with Crippen molar-refractivity contribution in [2.45, 2.75) is 45.1 Å². The second-order valence-electron chi connectivity index (χ2n) is 6.75. The van der Waals surface area contributed by atoms with Gasteiger partial charge in [-0.3, -0.25) is 4.79 Å². The third kappa shape index (κ3) is 3.39. The van der Waals surface area contributed by atoms with Gasteiger partial charge in [-0.1, -0.05) is 19.1 Å². The van der Waals surface area contributed by atoms with Gasteiger partial charge >= 0.3 is 0 Å². The van der Waals surface area contributed by atoms with Crippen molar-refractivity contribution in [3.63, 3.8) is 0 Å². The number of nitrogens with zero attached hydrogens (tertiary/aromatic N) is 2. The Kier molecular flexibility index (Phi) is 4.39. The van der Waals surface area contributed by atoms with Gasteiger partial charge in [0, 0.05) is 31.8 Å².